The first-order valence-corrected chi connectivity index (χ1v) is 18.4. The summed E-state index contributed by atoms with van der Waals surface area (Å²) in [6.45, 7) is 12.0. The van der Waals surface area contributed by atoms with E-state index >= 15 is 0 Å². The van der Waals surface area contributed by atoms with Crippen LogP contribution in [0.2, 0.25) is 0 Å². The third-order valence-corrected chi connectivity index (χ3v) is 9.30. The number of aromatic nitrogens is 2. The molecule has 0 atom stereocenters. The van der Waals surface area contributed by atoms with Crippen LogP contribution in [0.4, 0.5) is 5.69 Å². The maximum Gasteiger partial charge on any atom is 0.224 e. The Balaban J connectivity index is 1.34. The van der Waals surface area contributed by atoms with Crippen molar-refractivity contribution in [1.82, 2.24) is 9.97 Å². The average molecular weight is 707 g/mol. The molecule has 266 valence electrons. The van der Waals surface area contributed by atoms with Crippen LogP contribution in [0.3, 0.4) is 0 Å². The second-order valence-corrected chi connectivity index (χ2v) is 13.9. The highest BCUT2D eigenvalue weighted by molar-refractivity contribution is 7.98. The van der Waals surface area contributed by atoms with E-state index in [1.165, 1.54) is 18.7 Å². The Kier molecular flexibility index (Phi) is 13.5. The van der Waals surface area contributed by atoms with E-state index in [1.54, 1.807) is 38.2 Å². The van der Waals surface area contributed by atoms with Gasteiger partial charge in [0.05, 0.1) is 17.9 Å². The smallest absolute Gasteiger partial charge is 0.224 e. The summed E-state index contributed by atoms with van der Waals surface area (Å²) in [7, 11) is 0. The van der Waals surface area contributed by atoms with Gasteiger partial charge in [0.1, 0.15) is 24.2 Å². The summed E-state index contributed by atoms with van der Waals surface area (Å²) in [6, 6.07) is 21.0. The Bertz CT molecular complexity index is 1910. The van der Waals surface area contributed by atoms with Crippen molar-refractivity contribution >= 4 is 34.9 Å². The van der Waals surface area contributed by atoms with Crippen molar-refractivity contribution < 1.29 is 23.9 Å². The van der Waals surface area contributed by atoms with Gasteiger partial charge in [0, 0.05) is 40.8 Å². The summed E-state index contributed by atoms with van der Waals surface area (Å²) in [5.41, 5.74) is 5.08. The van der Waals surface area contributed by atoms with E-state index in [2.05, 4.69) is 41.3 Å². The molecule has 0 saturated heterocycles. The number of carbonyl (C=O) groups is 3. The van der Waals surface area contributed by atoms with Crippen molar-refractivity contribution in [1.29, 1.82) is 5.26 Å². The molecule has 3 aromatic carbocycles. The van der Waals surface area contributed by atoms with Crippen molar-refractivity contribution in [2.45, 2.75) is 84.4 Å². The molecule has 1 amide bonds. The van der Waals surface area contributed by atoms with E-state index in [1.807, 2.05) is 49.6 Å². The minimum Gasteiger partial charge on any atom is -0.492 e. The number of anilines is 1. The molecule has 4 aromatic rings. The van der Waals surface area contributed by atoms with Crippen LogP contribution in [0, 0.1) is 17.2 Å². The monoisotopic (exact) mass is 706 g/mol. The fourth-order valence-corrected chi connectivity index (χ4v) is 6.01. The van der Waals surface area contributed by atoms with Gasteiger partial charge in [-0.05, 0) is 91.6 Å². The van der Waals surface area contributed by atoms with Crippen molar-refractivity contribution in [2.24, 2.45) is 5.92 Å². The Hall–Kier alpha value is -5.01. The number of Topliss-reactive ketones (excluding diaryl/α,β-unsaturated/α-hetero) is 2. The van der Waals surface area contributed by atoms with Crippen LogP contribution >= 0.6 is 11.8 Å². The highest BCUT2D eigenvalue weighted by atomic mass is 32.2. The standard InChI is InChI=1S/C41H46N4O5S/c1-8-28-21-31(41(5,6)30-12-15-34(16-13-30)50-25-33-18-19-43-40(45-33)51-7)22-29(24-42)39(28)49-20-10-9-11-37(47)44-32-14-17-35(38(48)26(2)3)36(23-32)27(4)46/h12-19,21-23,26H,8-11,20,25H2,1-7H3,(H,44,47). The molecule has 10 heteroatoms. The predicted octanol–water partition coefficient (Wildman–Crippen LogP) is 8.77. The summed E-state index contributed by atoms with van der Waals surface area (Å²) in [6.07, 6.45) is 5.80. The van der Waals surface area contributed by atoms with E-state index in [4.69, 9.17) is 9.47 Å². The molecule has 0 radical (unpaired) electrons. The van der Waals surface area contributed by atoms with Gasteiger partial charge >= 0.3 is 0 Å². The largest absolute Gasteiger partial charge is 0.492 e. The first-order chi connectivity index (χ1) is 24.4. The number of rotatable bonds is 17. The lowest BCUT2D eigenvalue weighted by Gasteiger charge is -2.28. The van der Waals surface area contributed by atoms with Crippen LogP contribution in [0.5, 0.6) is 11.5 Å². The second-order valence-electron chi connectivity index (χ2n) is 13.1. The molecule has 1 aromatic heterocycles. The Morgan fingerprint density at radius 3 is 2.35 bits per heavy atom. The maximum absolute atomic E-state index is 12.7. The second kappa shape index (κ2) is 17.8. The summed E-state index contributed by atoms with van der Waals surface area (Å²) < 4.78 is 12.1. The third-order valence-electron chi connectivity index (χ3n) is 8.74. The maximum atomic E-state index is 12.7. The fourth-order valence-electron chi connectivity index (χ4n) is 5.64. The molecule has 0 aliphatic carbocycles. The van der Waals surface area contributed by atoms with Gasteiger partial charge in [-0.2, -0.15) is 5.26 Å². The molecule has 9 nitrogen and oxygen atoms in total. The summed E-state index contributed by atoms with van der Waals surface area (Å²) in [5.74, 6) is 0.541. The van der Waals surface area contributed by atoms with Gasteiger partial charge in [-0.1, -0.05) is 64.6 Å². The van der Waals surface area contributed by atoms with E-state index in [0.29, 0.717) is 65.8 Å². The van der Waals surface area contributed by atoms with Gasteiger partial charge in [-0.25, -0.2) is 9.97 Å². The number of thioether (sulfide) groups is 1. The van der Waals surface area contributed by atoms with Gasteiger partial charge in [-0.15, -0.1) is 0 Å². The molecule has 0 unspecified atom stereocenters. The van der Waals surface area contributed by atoms with Crippen LogP contribution in [0.15, 0.2) is 72.0 Å². The van der Waals surface area contributed by atoms with Crippen molar-refractivity contribution in [3.8, 4) is 17.6 Å². The molecule has 0 saturated carbocycles. The van der Waals surface area contributed by atoms with E-state index in [9.17, 15) is 19.6 Å². The molecular formula is C41H46N4O5S. The Morgan fingerprint density at radius 2 is 1.71 bits per heavy atom. The number of unbranched alkanes of at least 4 members (excludes halogenated alkanes) is 1. The minimum absolute atomic E-state index is 0.112. The number of nitrogens with one attached hydrogen (secondary N) is 1. The zero-order valence-electron chi connectivity index (χ0n) is 30.5. The van der Waals surface area contributed by atoms with Crippen molar-refractivity contribution in [3.63, 3.8) is 0 Å². The number of amides is 1. The zero-order chi connectivity index (χ0) is 37.1. The molecule has 1 heterocycles. The number of ketones is 2. The van der Waals surface area contributed by atoms with Crippen LogP contribution in [0.1, 0.15) is 109 Å². The minimum atomic E-state index is -0.394. The lowest BCUT2D eigenvalue weighted by atomic mass is 9.77. The molecule has 4 rings (SSSR count). The number of hydrogen-bond donors (Lipinski definition) is 1. The van der Waals surface area contributed by atoms with Crippen molar-refractivity contribution in [3.05, 3.63) is 106 Å². The highest BCUT2D eigenvalue weighted by Crippen LogP contribution is 2.37. The first-order valence-electron chi connectivity index (χ1n) is 17.2. The first kappa shape index (κ1) is 38.8. The molecule has 0 aliphatic rings. The quantitative estimate of drug-likeness (QED) is 0.0495. The Morgan fingerprint density at radius 1 is 0.961 bits per heavy atom. The lowest BCUT2D eigenvalue weighted by Crippen LogP contribution is -2.20. The number of nitriles is 1. The van der Waals surface area contributed by atoms with Gasteiger partial charge in [0.15, 0.2) is 16.7 Å². The molecule has 0 fully saturated rings. The summed E-state index contributed by atoms with van der Waals surface area (Å²) in [4.78, 5) is 46.0. The zero-order valence-corrected chi connectivity index (χ0v) is 31.3. The third kappa shape index (κ3) is 10.0. The SMILES string of the molecule is CCc1cc(C(C)(C)c2ccc(OCc3ccnc(SC)n3)cc2)cc(C#N)c1OCCCCC(=O)Nc1ccc(C(=O)C(C)C)c(C(C)=O)c1. The number of hydrogen-bond acceptors (Lipinski definition) is 9. The van der Waals surface area contributed by atoms with E-state index < -0.39 is 5.41 Å². The molecule has 0 bridgehead atoms. The fraction of sp³-hybridized carbons (Fsp3) is 0.366. The molecule has 0 aliphatic heterocycles. The highest BCUT2D eigenvalue weighted by Gasteiger charge is 2.26. The number of carbonyl (C=O) groups excluding carboxylic acids is 3. The Labute approximate surface area is 305 Å². The normalized spacial score (nSPS) is 11.2. The van der Waals surface area contributed by atoms with Crippen LogP contribution < -0.4 is 14.8 Å². The summed E-state index contributed by atoms with van der Waals surface area (Å²) >= 11 is 1.49. The van der Waals surface area contributed by atoms with Crippen LogP contribution in [-0.4, -0.2) is 40.3 Å². The number of ether oxygens (including phenoxy) is 2. The van der Waals surface area contributed by atoms with Crippen LogP contribution in [0.25, 0.3) is 0 Å². The van der Waals surface area contributed by atoms with E-state index in [-0.39, 0.29) is 29.8 Å². The van der Waals surface area contributed by atoms with Gasteiger partial charge in [0.2, 0.25) is 5.91 Å². The average Bonchev–Trinajstić information content (AvgIpc) is 3.13. The van der Waals surface area contributed by atoms with Gasteiger partial charge in [0.25, 0.3) is 0 Å². The topological polar surface area (TPSA) is 131 Å². The molecule has 1 N–H and O–H groups in total. The van der Waals surface area contributed by atoms with Crippen LogP contribution in [-0.2, 0) is 23.2 Å². The number of benzene rings is 3. The van der Waals surface area contributed by atoms with Gasteiger partial charge in [-0.3, -0.25) is 14.4 Å². The number of nitrogens with zero attached hydrogens (tertiary/aromatic N) is 3. The predicted molar refractivity (Wildman–Crippen MR) is 201 cm³/mol. The van der Waals surface area contributed by atoms with E-state index in [0.717, 1.165) is 28.1 Å². The molecule has 51 heavy (non-hydrogen) atoms. The summed E-state index contributed by atoms with van der Waals surface area (Å²) in [5, 5.41) is 13.7. The van der Waals surface area contributed by atoms with Gasteiger partial charge < -0.3 is 14.8 Å². The molecular weight excluding hydrogens is 661 g/mol. The molecule has 0 spiro atoms. The lowest BCUT2D eigenvalue weighted by molar-refractivity contribution is -0.116. The number of aryl methyl sites for hydroxylation is 1. The van der Waals surface area contributed by atoms with Crippen molar-refractivity contribution in [2.75, 3.05) is 18.2 Å².